The normalized spacial score (nSPS) is 12.8. The molecule has 0 fully saturated rings. The summed E-state index contributed by atoms with van der Waals surface area (Å²) >= 11 is 5.68. The number of nitrogens with one attached hydrogen (secondary N) is 2. The van der Waals surface area contributed by atoms with Crippen molar-refractivity contribution in [3.8, 4) is 34.5 Å². The molecule has 0 saturated carbocycles. The first-order valence-corrected chi connectivity index (χ1v) is 41.5. The van der Waals surface area contributed by atoms with E-state index in [1.54, 1.807) is 0 Å². The lowest BCUT2D eigenvalue weighted by molar-refractivity contribution is 0.359. The van der Waals surface area contributed by atoms with Crippen molar-refractivity contribution in [2.45, 2.75) is 165 Å². The Hall–Kier alpha value is -10.9. The van der Waals surface area contributed by atoms with Crippen molar-refractivity contribution >= 4 is 58.0 Å². The fraction of sp³-hybridized carbons (Fsp3) is 0.192. The monoisotopic (exact) mass is 1520 g/mol. The zero-order chi connectivity index (χ0) is 77.8. The van der Waals surface area contributed by atoms with Crippen LogP contribution in [0.25, 0.3) is 0 Å². The molecule has 14 aromatic carbocycles. The Balaban J connectivity index is 0.000000103. The lowest BCUT2D eigenvalue weighted by Gasteiger charge is -2.22. The van der Waals surface area contributed by atoms with E-state index in [0.717, 1.165) is 73.0 Å². The van der Waals surface area contributed by atoms with Gasteiger partial charge in [-0.2, -0.15) is 0 Å². The van der Waals surface area contributed by atoms with Gasteiger partial charge in [-0.25, -0.2) is 0 Å². The first-order chi connectivity index (χ1) is 54.0. The predicted octanol–water partition coefficient (Wildman–Crippen LogP) is 29.2. The maximum absolute atomic E-state index is 5.94. The van der Waals surface area contributed by atoms with Gasteiger partial charge in [-0.3, -0.25) is 0 Å². The molecule has 1 aliphatic carbocycles. The molecule has 8 heteroatoms. The van der Waals surface area contributed by atoms with E-state index in [9.17, 15) is 0 Å². The Labute approximate surface area is 676 Å². The second-order valence-corrected chi connectivity index (χ2v) is 34.6. The van der Waals surface area contributed by atoms with Gasteiger partial charge < -0.3 is 24.8 Å². The lowest BCUT2D eigenvalue weighted by atomic mass is 9.85. The standard InChI is InChI=1S/C16H16.2C15H15N.C15H14O.C15H14S.C14H12O2.C14H12S2/c1-11-3-5-13-9-14-6-4-12(2)8-16(14)10-15(13)7-11;4*1-10-3-5-12-9-13-6-4-11(2)8-15(13)16-14(12)7-10;2*1-9-3-5-11-13(7-9)16-14-8-10(2)4-6-12(14)15-11/h3-8H,9-10H2,1-2H3;2*3-8,16H,9H2,1-2H3;2*3-8H,9H2,1-2H3;2*3-8H,1-2H3. The summed E-state index contributed by atoms with van der Waals surface area (Å²) in [4.78, 5) is 8.40. The van der Waals surface area contributed by atoms with Crippen LogP contribution in [0.15, 0.2) is 284 Å². The van der Waals surface area contributed by atoms with Gasteiger partial charge in [-0.15, -0.1) is 0 Å². The van der Waals surface area contributed by atoms with Crippen LogP contribution in [0.3, 0.4) is 0 Å². The minimum Gasteiger partial charge on any atom is -0.457 e. The molecule has 0 atom stereocenters. The Morgan fingerprint density at radius 2 is 0.393 bits per heavy atom. The molecule has 6 heterocycles. The van der Waals surface area contributed by atoms with Crippen molar-refractivity contribution in [2.24, 2.45) is 0 Å². The van der Waals surface area contributed by atoms with Gasteiger partial charge in [0.1, 0.15) is 11.5 Å². The second kappa shape index (κ2) is 33.6. The zero-order valence-electron chi connectivity index (χ0n) is 66.9. The number of hydrogen-bond donors (Lipinski definition) is 2. The van der Waals surface area contributed by atoms with Crippen LogP contribution in [-0.2, 0) is 38.5 Å². The largest absolute Gasteiger partial charge is 0.457 e. The van der Waals surface area contributed by atoms with Gasteiger partial charge in [0.25, 0.3) is 0 Å². The van der Waals surface area contributed by atoms with Crippen LogP contribution in [0.5, 0.6) is 34.5 Å². The summed E-state index contributed by atoms with van der Waals surface area (Å²) in [6, 6.07) is 91.8. The highest BCUT2D eigenvalue weighted by Crippen LogP contribution is 2.50. The molecule has 0 spiro atoms. The smallest absolute Gasteiger partial charge is 0.170 e. The molecule has 2 N–H and O–H groups in total. The number of fused-ring (bicyclic) bond motifs is 14. The zero-order valence-corrected chi connectivity index (χ0v) is 69.4. The van der Waals surface area contributed by atoms with Gasteiger partial charge in [-0.1, -0.05) is 204 Å². The number of hydrogen-bond acceptors (Lipinski definition) is 8. The first-order valence-electron chi connectivity index (χ1n) is 39.0. The highest BCUT2D eigenvalue weighted by atomic mass is 32.2. The van der Waals surface area contributed by atoms with Crippen LogP contribution in [0.4, 0.5) is 22.7 Å². The Morgan fingerprint density at radius 3 is 0.777 bits per heavy atom. The van der Waals surface area contributed by atoms with Gasteiger partial charge >= 0.3 is 0 Å². The molecule has 0 unspecified atom stereocenters. The third-order valence-electron chi connectivity index (χ3n) is 21.2. The first kappa shape index (κ1) is 76.5. The molecule has 21 rings (SSSR count). The van der Waals surface area contributed by atoms with E-state index in [0.29, 0.717) is 0 Å². The van der Waals surface area contributed by atoms with Crippen molar-refractivity contribution in [1.82, 2.24) is 0 Å². The molecule has 6 aliphatic heterocycles. The van der Waals surface area contributed by atoms with Crippen molar-refractivity contribution in [3.63, 3.8) is 0 Å². The van der Waals surface area contributed by atoms with Gasteiger partial charge in [0.2, 0.25) is 0 Å². The average molecular weight is 1520 g/mol. The summed E-state index contributed by atoms with van der Waals surface area (Å²) in [6.07, 6.45) is 6.35. The molecule has 7 aliphatic rings. The van der Waals surface area contributed by atoms with E-state index in [1.807, 2.05) is 85.5 Å². The van der Waals surface area contributed by atoms with Crippen LogP contribution >= 0.6 is 35.3 Å². The fourth-order valence-corrected chi connectivity index (χ4v) is 18.6. The van der Waals surface area contributed by atoms with Gasteiger partial charge in [-0.05, 0) is 347 Å². The molecule has 0 amide bonds. The summed E-state index contributed by atoms with van der Waals surface area (Å²) in [5.74, 6) is 5.16. The van der Waals surface area contributed by atoms with E-state index in [-0.39, 0.29) is 0 Å². The van der Waals surface area contributed by atoms with Crippen LogP contribution in [0.1, 0.15) is 145 Å². The quantitative estimate of drug-likeness (QED) is 0.156. The summed E-state index contributed by atoms with van der Waals surface area (Å²) in [6.45, 7) is 29.8. The molecule has 0 radical (unpaired) electrons. The molecular formula is C104H98N2O3S3. The molecule has 14 aromatic rings. The third kappa shape index (κ3) is 18.5. The molecular weight excluding hydrogens is 1420 g/mol. The SMILES string of the molecule is Cc1ccc2c(c1)Cc1cc(C)ccc1C2.Cc1ccc2c(c1)Nc1cc(C)ccc1C2.Cc1ccc2c(c1)Nc1cc(C)ccc1C2.Cc1ccc2c(c1)Oc1cc(C)ccc1C2.Cc1ccc2c(c1)Oc1cc(C)ccc1O2.Cc1ccc2c(c1)Sc1cc(C)ccc1C2.Cc1ccc2c(c1)Sc1cc(C)ccc1S2. The van der Waals surface area contributed by atoms with Crippen molar-refractivity contribution in [3.05, 3.63) is 399 Å². The van der Waals surface area contributed by atoms with E-state index in [2.05, 4.69) is 312 Å². The van der Waals surface area contributed by atoms with E-state index in [4.69, 9.17) is 14.2 Å². The van der Waals surface area contributed by atoms with E-state index < -0.39 is 0 Å². The molecule has 560 valence electrons. The average Bonchev–Trinajstić information content (AvgIpc) is 0.838. The molecule has 112 heavy (non-hydrogen) atoms. The van der Waals surface area contributed by atoms with Crippen LogP contribution in [-0.4, -0.2) is 0 Å². The molecule has 5 nitrogen and oxygen atoms in total. The second-order valence-electron chi connectivity index (χ2n) is 31.4. The number of ether oxygens (including phenoxy) is 3. The predicted molar refractivity (Wildman–Crippen MR) is 472 cm³/mol. The van der Waals surface area contributed by atoms with Crippen molar-refractivity contribution < 1.29 is 14.2 Å². The Morgan fingerprint density at radius 1 is 0.170 bits per heavy atom. The number of anilines is 4. The Kier molecular flexibility index (Phi) is 22.9. The van der Waals surface area contributed by atoms with Crippen molar-refractivity contribution in [2.75, 3.05) is 10.6 Å². The summed E-state index contributed by atoms with van der Waals surface area (Å²) in [7, 11) is 0. The maximum Gasteiger partial charge on any atom is 0.170 e. The minimum absolute atomic E-state index is 0.780. The number of benzene rings is 14. The summed E-state index contributed by atoms with van der Waals surface area (Å²) in [5.41, 5.74) is 40.3. The van der Waals surface area contributed by atoms with Crippen LogP contribution < -0.4 is 24.8 Å². The summed E-state index contributed by atoms with van der Waals surface area (Å²) in [5, 5.41) is 7.04. The summed E-state index contributed by atoms with van der Waals surface area (Å²) < 4.78 is 17.5. The molecule has 0 aromatic heterocycles. The van der Waals surface area contributed by atoms with E-state index in [1.165, 1.54) is 197 Å². The Bertz CT molecular complexity index is 4570. The van der Waals surface area contributed by atoms with Gasteiger partial charge in [0.15, 0.2) is 23.0 Å². The van der Waals surface area contributed by atoms with Gasteiger partial charge in [0, 0.05) is 71.4 Å². The topological polar surface area (TPSA) is 51.8 Å². The third-order valence-corrected chi connectivity index (χ3v) is 24.9. The van der Waals surface area contributed by atoms with Gasteiger partial charge in [0.05, 0.1) is 0 Å². The fourth-order valence-electron chi connectivity index (χ4n) is 15.0. The minimum atomic E-state index is 0.780. The van der Waals surface area contributed by atoms with Crippen LogP contribution in [0.2, 0.25) is 0 Å². The highest BCUT2D eigenvalue weighted by Gasteiger charge is 2.23. The molecule has 0 bridgehead atoms. The lowest BCUT2D eigenvalue weighted by Crippen LogP contribution is -2.07. The molecule has 0 saturated heterocycles. The maximum atomic E-state index is 5.94. The highest BCUT2D eigenvalue weighted by molar-refractivity contribution is 8.05. The van der Waals surface area contributed by atoms with Crippen molar-refractivity contribution in [1.29, 1.82) is 0 Å². The number of aryl methyl sites for hydroxylation is 14. The van der Waals surface area contributed by atoms with Crippen LogP contribution in [0, 0.1) is 96.9 Å². The van der Waals surface area contributed by atoms with E-state index >= 15 is 0 Å². The number of rotatable bonds is 0.